The van der Waals surface area contributed by atoms with Crippen LogP contribution in [0.25, 0.3) is 0 Å². The van der Waals surface area contributed by atoms with Crippen molar-refractivity contribution in [2.45, 2.75) is 71.5 Å². The van der Waals surface area contributed by atoms with E-state index in [2.05, 4.69) is 0 Å². The Labute approximate surface area is 99.2 Å². The molecule has 0 rings (SSSR count). The van der Waals surface area contributed by atoms with Gasteiger partial charge < -0.3 is 9.84 Å². The van der Waals surface area contributed by atoms with Crippen LogP contribution in [0, 0.1) is 0 Å². The summed E-state index contributed by atoms with van der Waals surface area (Å²) in [6.45, 7) is 9.91. The summed E-state index contributed by atoms with van der Waals surface area (Å²) in [6.07, 6.45) is 2.52. The molecule has 0 aliphatic heterocycles. The molecule has 0 heterocycles. The first-order valence-electron chi connectivity index (χ1n) is 6.04. The van der Waals surface area contributed by atoms with E-state index in [1.54, 1.807) is 13.8 Å². The molecule has 16 heavy (non-hydrogen) atoms. The maximum absolute atomic E-state index is 11.2. The van der Waals surface area contributed by atoms with Gasteiger partial charge in [0.05, 0.1) is 17.8 Å². The lowest BCUT2D eigenvalue weighted by Crippen LogP contribution is -2.29. The minimum absolute atomic E-state index is 0.277. The molecule has 0 aliphatic rings. The third-order valence-electron chi connectivity index (χ3n) is 2.61. The molecule has 0 aromatic rings. The first kappa shape index (κ1) is 15.6. The molecular weight excluding hydrogens is 204 g/mol. The largest absolute Gasteiger partial charge is 0.390 e. The summed E-state index contributed by atoms with van der Waals surface area (Å²) in [5.41, 5.74) is -0.967. The molecule has 0 spiro atoms. The predicted molar refractivity (Wildman–Crippen MR) is 65.5 cm³/mol. The second-order valence-electron chi connectivity index (χ2n) is 5.56. The first-order chi connectivity index (χ1) is 7.16. The molecule has 1 N–H and O–H groups in total. The number of carbonyl (C=O) groups is 1. The summed E-state index contributed by atoms with van der Waals surface area (Å²) in [5.74, 6) is 0.277. The van der Waals surface area contributed by atoms with Gasteiger partial charge in [0, 0.05) is 12.8 Å². The van der Waals surface area contributed by atoms with E-state index in [4.69, 9.17) is 4.74 Å². The van der Waals surface area contributed by atoms with Gasteiger partial charge in [-0.05, 0) is 40.5 Å². The zero-order chi connectivity index (χ0) is 12.8. The predicted octanol–water partition coefficient (Wildman–Crippen LogP) is 2.70. The summed E-state index contributed by atoms with van der Waals surface area (Å²) >= 11 is 0. The molecule has 0 saturated carbocycles. The average Bonchev–Trinajstić information content (AvgIpc) is 2.12. The van der Waals surface area contributed by atoms with Gasteiger partial charge in [0.2, 0.25) is 0 Å². The van der Waals surface area contributed by atoms with Crippen LogP contribution in [0.3, 0.4) is 0 Å². The lowest BCUT2D eigenvalue weighted by Gasteiger charge is -2.27. The van der Waals surface area contributed by atoms with Crippen molar-refractivity contribution in [2.75, 3.05) is 6.61 Å². The zero-order valence-electron chi connectivity index (χ0n) is 11.3. The Balaban J connectivity index is 3.82. The Morgan fingerprint density at radius 3 is 2.19 bits per heavy atom. The van der Waals surface area contributed by atoms with E-state index in [1.165, 1.54) is 0 Å². The lowest BCUT2D eigenvalue weighted by atomic mass is 9.99. The smallest absolute Gasteiger partial charge is 0.132 e. The lowest BCUT2D eigenvalue weighted by molar-refractivity contribution is -0.120. The van der Waals surface area contributed by atoms with Gasteiger partial charge in [0.1, 0.15) is 5.78 Å². The molecule has 0 radical (unpaired) electrons. The number of aliphatic hydroxyl groups is 1. The average molecular weight is 230 g/mol. The fourth-order valence-electron chi connectivity index (χ4n) is 1.27. The summed E-state index contributed by atoms with van der Waals surface area (Å²) in [5, 5.41) is 9.54. The van der Waals surface area contributed by atoms with Crippen LogP contribution in [0.15, 0.2) is 0 Å². The SMILES string of the molecule is CCC(=O)CCC(C)(C)OCCC(C)(C)O. The zero-order valence-corrected chi connectivity index (χ0v) is 11.3. The molecule has 0 aromatic carbocycles. The standard InChI is InChI=1S/C13H26O3/c1-6-11(14)7-8-13(4,5)16-10-9-12(2,3)15/h15H,6-10H2,1-5H3. The highest BCUT2D eigenvalue weighted by atomic mass is 16.5. The number of Topliss-reactive ketones (excluding diaryl/α,β-unsaturated/α-hetero) is 1. The molecule has 0 amide bonds. The number of rotatable bonds is 8. The third kappa shape index (κ3) is 8.86. The molecule has 0 aromatic heterocycles. The minimum atomic E-state index is -0.685. The van der Waals surface area contributed by atoms with Crippen molar-refractivity contribution in [3.63, 3.8) is 0 Å². The van der Waals surface area contributed by atoms with Crippen molar-refractivity contribution in [3.05, 3.63) is 0 Å². The second kappa shape index (κ2) is 6.36. The van der Waals surface area contributed by atoms with E-state index >= 15 is 0 Å². The van der Waals surface area contributed by atoms with Gasteiger partial charge in [0.25, 0.3) is 0 Å². The number of hydrogen-bond donors (Lipinski definition) is 1. The normalized spacial score (nSPS) is 12.9. The van der Waals surface area contributed by atoms with Gasteiger partial charge in [-0.25, -0.2) is 0 Å². The van der Waals surface area contributed by atoms with E-state index < -0.39 is 5.60 Å². The molecule has 0 fully saturated rings. The maximum atomic E-state index is 11.2. The molecule has 3 nitrogen and oxygen atoms in total. The number of carbonyl (C=O) groups excluding carboxylic acids is 1. The topological polar surface area (TPSA) is 46.5 Å². The molecule has 0 aliphatic carbocycles. The quantitative estimate of drug-likeness (QED) is 0.697. The fourth-order valence-corrected chi connectivity index (χ4v) is 1.27. The van der Waals surface area contributed by atoms with Crippen LogP contribution in [0.5, 0.6) is 0 Å². The van der Waals surface area contributed by atoms with E-state index in [0.29, 0.717) is 25.9 Å². The van der Waals surface area contributed by atoms with E-state index in [9.17, 15) is 9.90 Å². The van der Waals surface area contributed by atoms with Crippen molar-refractivity contribution in [2.24, 2.45) is 0 Å². The highest BCUT2D eigenvalue weighted by Crippen LogP contribution is 2.19. The van der Waals surface area contributed by atoms with Crippen LogP contribution < -0.4 is 0 Å². The van der Waals surface area contributed by atoms with Crippen LogP contribution in [0.1, 0.15) is 60.3 Å². The highest BCUT2D eigenvalue weighted by Gasteiger charge is 2.21. The van der Waals surface area contributed by atoms with Gasteiger partial charge in [-0.3, -0.25) is 4.79 Å². The van der Waals surface area contributed by atoms with Crippen LogP contribution in [0.2, 0.25) is 0 Å². The van der Waals surface area contributed by atoms with Crippen molar-refractivity contribution in [3.8, 4) is 0 Å². The minimum Gasteiger partial charge on any atom is -0.390 e. The Morgan fingerprint density at radius 1 is 1.19 bits per heavy atom. The van der Waals surface area contributed by atoms with E-state index in [0.717, 1.165) is 6.42 Å². The Bertz CT molecular complexity index is 214. The van der Waals surface area contributed by atoms with Gasteiger partial charge >= 0.3 is 0 Å². The summed E-state index contributed by atoms with van der Waals surface area (Å²) in [4.78, 5) is 11.2. The molecule has 0 bridgehead atoms. The molecule has 0 unspecified atom stereocenters. The summed E-state index contributed by atoms with van der Waals surface area (Å²) < 4.78 is 5.69. The van der Waals surface area contributed by atoms with Crippen molar-refractivity contribution in [1.82, 2.24) is 0 Å². The Hall–Kier alpha value is -0.410. The summed E-state index contributed by atoms with van der Waals surface area (Å²) in [7, 11) is 0. The van der Waals surface area contributed by atoms with Crippen molar-refractivity contribution < 1.29 is 14.6 Å². The Kier molecular flexibility index (Phi) is 6.19. The number of hydrogen-bond acceptors (Lipinski definition) is 3. The van der Waals surface area contributed by atoms with Gasteiger partial charge in [0.15, 0.2) is 0 Å². The molecule has 0 saturated heterocycles. The highest BCUT2D eigenvalue weighted by molar-refractivity contribution is 5.78. The second-order valence-corrected chi connectivity index (χ2v) is 5.56. The molecule has 0 atom stereocenters. The van der Waals surface area contributed by atoms with E-state index in [1.807, 2.05) is 20.8 Å². The van der Waals surface area contributed by atoms with Gasteiger partial charge in [-0.2, -0.15) is 0 Å². The number of ketones is 1. The van der Waals surface area contributed by atoms with Crippen LogP contribution in [-0.2, 0) is 9.53 Å². The van der Waals surface area contributed by atoms with Crippen LogP contribution >= 0.6 is 0 Å². The molecule has 3 heteroatoms. The van der Waals surface area contributed by atoms with Crippen LogP contribution in [0.4, 0.5) is 0 Å². The monoisotopic (exact) mass is 230 g/mol. The Morgan fingerprint density at radius 2 is 1.75 bits per heavy atom. The van der Waals surface area contributed by atoms with Gasteiger partial charge in [-0.1, -0.05) is 6.92 Å². The summed E-state index contributed by atoms with van der Waals surface area (Å²) in [6, 6.07) is 0. The van der Waals surface area contributed by atoms with Crippen LogP contribution in [-0.4, -0.2) is 28.7 Å². The number of ether oxygens (including phenoxy) is 1. The van der Waals surface area contributed by atoms with Crippen molar-refractivity contribution >= 4 is 5.78 Å². The third-order valence-corrected chi connectivity index (χ3v) is 2.61. The van der Waals surface area contributed by atoms with E-state index in [-0.39, 0.29) is 11.4 Å². The first-order valence-corrected chi connectivity index (χ1v) is 6.04. The molecular formula is C13H26O3. The molecule has 96 valence electrons. The fraction of sp³-hybridized carbons (Fsp3) is 0.923. The van der Waals surface area contributed by atoms with Crippen molar-refractivity contribution in [1.29, 1.82) is 0 Å². The van der Waals surface area contributed by atoms with Gasteiger partial charge in [-0.15, -0.1) is 0 Å². The maximum Gasteiger partial charge on any atom is 0.132 e.